The molecule has 1 N–H and O–H groups in total. The van der Waals surface area contributed by atoms with E-state index in [4.69, 9.17) is 9.84 Å². The molecule has 0 amide bonds. The number of carbonyl (C=O) groups excluding carboxylic acids is 1. The lowest BCUT2D eigenvalue weighted by molar-refractivity contribution is -0.873. The first-order valence-corrected chi connectivity index (χ1v) is 7.22. The van der Waals surface area contributed by atoms with Crippen LogP contribution in [0.25, 0.3) is 0 Å². The monoisotopic (exact) mass is 298 g/mol. The summed E-state index contributed by atoms with van der Waals surface area (Å²) < 4.78 is 5.81. The Bertz CT molecular complexity index is 380. The second kappa shape index (κ2) is 10.2. The summed E-state index contributed by atoms with van der Waals surface area (Å²) in [7, 11) is 5.80. The number of likely N-dealkylation sites (N-methyl/N-ethyl adjacent to an activating group) is 1. The molecule has 5 heteroatoms. The van der Waals surface area contributed by atoms with Gasteiger partial charge in [0, 0.05) is 0 Å². The molecule has 0 aliphatic carbocycles. The number of allylic oxidation sites excluding steroid dienone is 3. The first kappa shape index (κ1) is 19.4. The molecule has 5 nitrogen and oxygen atoms in total. The largest absolute Gasteiger partial charge is 0.481 e. The third-order valence-electron chi connectivity index (χ3n) is 2.64. The molecule has 0 saturated carbocycles. The third-order valence-corrected chi connectivity index (χ3v) is 2.64. The van der Waals surface area contributed by atoms with Gasteiger partial charge in [-0.05, 0) is 19.8 Å². The SMILES string of the molecule is C/C=C/CC/C=C/CC(=O)OC(CC(=O)O)C[N+](C)(C)C. The van der Waals surface area contributed by atoms with E-state index >= 15 is 0 Å². The van der Waals surface area contributed by atoms with Gasteiger partial charge in [-0.3, -0.25) is 9.59 Å². The Kier molecular flexibility index (Phi) is 9.37. The van der Waals surface area contributed by atoms with Crippen LogP contribution in [-0.2, 0) is 14.3 Å². The van der Waals surface area contributed by atoms with Crippen LogP contribution in [0.15, 0.2) is 24.3 Å². The van der Waals surface area contributed by atoms with Crippen LogP contribution in [0.3, 0.4) is 0 Å². The number of hydrogen-bond donors (Lipinski definition) is 1. The Hall–Kier alpha value is -1.62. The number of carbonyl (C=O) groups is 2. The highest BCUT2D eigenvalue weighted by atomic mass is 16.5. The molecule has 21 heavy (non-hydrogen) atoms. The molecule has 0 aromatic heterocycles. The maximum atomic E-state index is 11.7. The van der Waals surface area contributed by atoms with E-state index in [0.29, 0.717) is 11.0 Å². The van der Waals surface area contributed by atoms with Gasteiger partial charge in [-0.2, -0.15) is 0 Å². The highest BCUT2D eigenvalue weighted by Gasteiger charge is 2.24. The molecule has 0 aliphatic heterocycles. The maximum absolute atomic E-state index is 11.7. The van der Waals surface area contributed by atoms with Crippen LogP contribution in [0.2, 0.25) is 0 Å². The zero-order valence-corrected chi connectivity index (χ0v) is 13.5. The van der Waals surface area contributed by atoms with Crippen molar-refractivity contribution in [3.05, 3.63) is 24.3 Å². The Balaban J connectivity index is 4.23. The third kappa shape index (κ3) is 13.1. The number of ether oxygens (including phenoxy) is 1. The van der Waals surface area contributed by atoms with Gasteiger partial charge in [0.15, 0.2) is 6.10 Å². The Morgan fingerprint density at radius 2 is 1.76 bits per heavy atom. The van der Waals surface area contributed by atoms with Crippen LogP contribution in [0, 0.1) is 0 Å². The number of rotatable bonds is 10. The lowest BCUT2D eigenvalue weighted by atomic mass is 10.2. The number of hydrogen-bond acceptors (Lipinski definition) is 3. The van der Waals surface area contributed by atoms with Gasteiger partial charge in [0.1, 0.15) is 6.54 Å². The molecule has 1 atom stereocenters. The van der Waals surface area contributed by atoms with Gasteiger partial charge in [0.25, 0.3) is 0 Å². The molecule has 120 valence electrons. The zero-order valence-electron chi connectivity index (χ0n) is 13.5. The second-order valence-electron chi connectivity index (χ2n) is 6.00. The van der Waals surface area contributed by atoms with E-state index in [2.05, 4.69) is 6.08 Å². The normalized spacial score (nSPS) is 13.7. The smallest absolute Gasteiger partial charge is 0.310 e. The fourth-order valence-corrected chi connectivity index (χ4v) is 1.84. The minimum Gasteiger partial charge on any atom is -0.481 e. The number of aliphatic carboxylic acids is 1. The number of carboxylic acid groups (broad SMARTS) is 1. The van der Waals surface area contributed by atoms with Crippen LogP contribution in [0.1, 0.15) is 32.6 Å². The standard InChI is InChI=1S/C16H27NO4/c1-5-6-7-8-9-10-11-16(20)21-14(12-15(18)19)13-17(2,3)4/h5-6,9-10,14H,7-8,11-13H2,1-4H3/p+1/b6-5+,10-9+. The van der Waals surface area contributed by atoms with Gasteiger partial charge in [-0.1, -0.05) is 24.3 Å². The number of quaternary nitrogens is 1. The predicted molar refractivity (Wildman–Crippen MR) is 82.8 cm³/mol. The highest BCUT2D eigenvalue weighted by Crippen LogP contribution is 2.07. The Morgan fingerprint density at radius 3 is 2.29 bits per heavy atom. The molecule has 0 fully saturated rings. The molecule has 0 heterocycles. The van der Waals surface area contributed by atoms with Crippen LogP contribution in [0.4, 0.5) is 0 Å². The molecule has 0 aromatic rings. The van der Waals surface area contributed by atoms with Crippen molar-refractivity contribution in [1.82, 2.24) is 0 Å². The minimum absolute atomic E-state index is 0.160. The van der Waals surface area contributed by atoms with Gasteiger partial charge in [-0.25, -0.2) is 0 Å². The number of nitrogens with zero attached hydrogens (tertiary/aromatic N) is 1. The zero-order chi connectivity index (χ0) is 16.3. The van der Waals surface area contributed by atoms with Gasteiger partial charge >= 0.3 is 11.9 Å². The minimum atomic E-state index is -0.955. The van der Waals surface area contributed by atoms with Crippen molar-refractivity contribution in [3.63, 3.8) is 0 Å². The summed E-state index contributed by atoms with van der Waals surface area (Å²) >= 11 is 0. The van der Waals surface area contributed by atoms with E-state index in [0.717, 1.165) is 12.8 Å². The highest BCUT2D eigenvalue weighted by molar-refractivity contribution is 5.72. The maximum Gasteiger partial charge on any atom is 0.310 e. The molecule has 0 aromatic carbocycles. The lowest BCUT2D eigenvalue weighted by Crippen LogP contribution is -2.43. The molecule has 0 rings (SSSR count). The summed E-state index contributed by atoms with van der Waals surface area (Å²) in [5.41, 5.74) is 0. The molecular weight excluding hydrogens is 270 g/mol. The average molecular weight is 298 g/mol. The lowest BCUT2D eigenvalue weighted by Gasteiger charge is -2.28. The van der Waals surface area contributed by atoms with E-state index in [1.54, 1.807) is 6.08 Å². The molecule has 0 aliphatic rings. The van der Waals surface area contributed by atoms with E-state index in [-0.39, 0.29) is 18.8 Å². The van der Waals surface area contributed by atoms with Crippen molar-refractivity contribution in [2.24, 2.45) is 0 Å². The van der Waals surface area contributed by atoms with Crippen molar-refractivity contribution in [2.75, 3.05) is 27.7 Å². The van der Waals surface area contributed by atoms with Gasteiger partial charge in [0.05, 0.1) is 34.0 Å². The van der Waals surface area contributed by atoms with Gasteiger partial charge in [0.2, 0.25) is 0 Å². The number of unbranched alkanes of at least 4 members (excludes halogenated alkanes) is 1. The summed E-state index contributed by atoms with van der Waals surface area (Å²) in [6.45, 7) is 2.44. The van der Waals surface area contributed by atoms with Crippen molar-refractivity contribution in [2.45, 2.75) is 38.7 Å². The number of carboxylic acids is 1. The number of esters is 1. The summed E-state index contributed by atoms with van der Waals surface area (Å²) in [5.74, 6) is -1.33. The molecule has 1 unspecified atom stereocenters. The van der Waals surface area contributed by atoms with E-state index in [1.807, 2.05) is 40.2 Å². The van der Waals surface area contributed by atoms with Crippen LogP contribution in [-0.4, -0.2) is 55.3 Å². The molecular formula is C16H28NO4+. The summed E-state index contributed by atoms with van der Waals surface area (Å²) in [5, 5.41) is 8.87. The van der Waals surface area contributed by atoms with Crippen LogP contribution in [0.5, 0.6) is 0 Å². The molecule has 0 bridgehead atoms. The van der Waals surface area contributed by atoms with Crippen molar-refractivity contribution in [1.29, 1.82) is 0 Å². The first-order valence-electron chi connectivity index (χ1n) is 7.22. The van der Waals surface area contributed by atoms with E-state index in [9.17, 15) is 9.59 Å². The predicted octanol–water partition coefficient (Wildman–Crippen LogP) is 2.38. The van der Waals surface area contributed by atoms with Crippen molar-refractivity contribution < 1.29 is 23.9 Å². The van der Waals surface area contributed by atoms with Gasteiger partial charge < -0.3 is 14.3 Å². The second-order valence-corrected chi connectivity index (χ2v) is 6.00. The van der Waals surface area contributed by atoms with Gasteiger partial charge in [-0.15, -0.1) is 0 Å². The molecule has 0 radical (unpaired) electrons. The van der Waals surface area contributed by atoms with E-state index in [1.165, 1.54) is 0 Å². The summed E-state index contributed by atoms with van der Waals surface area (Å²) in [6.07, 6.45) is 9.03. The van der Waals surface area contributed by atoms with Crippen LogP contribution < -0.4 is 0 Å². The fraction of sp³-hybridized carbons (Fsp3) is 0.625. The van der Waals surface area contributed by atoms with E-state index < -0.39 is 12.1 Å². The summed E-state index contributed by atoms with van der Waals surface area (Å²) in [6, 6.07) is 0. The fourth-order valence-electron chi connectivity index (χ4n) is 1.84. The molecule has 0 spiro atoms. The van der Waals surface area contributed by atoms with Crippen molar-refractivity contribution >= 4 is 11.9 Å². The van der Waals surface area contributed by atoms with Crippen molar-refractivity contribution in [3.8, 4) is 0 Å². The Labute approximate surface area is 127 Å². The molecule has 0 saturated heterocycles. The van der Waals surface area contributed by atoms with Crippen LogP contribution >= 0.6 is 0 Å². The Morgan fingerprint density at radius 1 is 1.14 bits per heavy atom. The topological polar surface area (TPSA) is 63.6 Å². The summed E-state index contributed by atoms with van der Waals surface area (Å²) in [4.78, 5) is 22.5. The average Bonchev–Trinajstić information content (AvgIpc) is 2.30. The quantitative estimate of drug-likeness (QED) is 0.291. The first-order chi connectivity index (χ1) is 9.74.